The standard InChI is InChI=1S/C32H36N4O3S/c1-23-11-10-12-24(2)30(23)35-32(38)36(19-20-39-3)21-29-34-28(22-40-29)31(37)33-18-17-27(25-13-6-4-7-14-25)26-15-8-5-9-16-26/h4-16,22,27H,17-21H2,1-3H3,(H,33,37)(H,35,38). The monoisotopic (exact) mass is 556 g/mol. The molecule has 8 heteroatoms. The third-order valence-electron chi connectivity index (χ3n) is 6.80. The highest BCUT2D eigenvalue weighted by atomic mass is 32.1. The highest BCUT2D eigenvalue weighted by molar-refractivity contribution is 7.09. The molecule has 0 aliphatic rings. The molecule has 0 atom stereocenters. The van der Waals surface area contributed by atoms with E-state index < -0.39 is 0 Å². The molecule has 0 bridgehead atoms. The second-order valence-corrected chi connectivity index (χ2v) is 10.6. The van der Waals surface area contributed by atoms with Gasteiger partial charge in [-0.3, -0.25) is 4.79 Å². The van der Waals surface area contributed by atoms with E-state index in [2.05, 4.69) is 39.9 Å². The molecule has 7 nitrogen and oxygen atoms in total. The molecule has 3 amide bonds. The third-order valence-corrected chi connectivity index (χ3v) is 7.63. The van der Waals surface area contributed by atoms with Gasteiger partial charge in [-0.25, -0.2) is 9.78 Å². The van der Waals surface area contributed by atoms with Crippen LogP contribution in [0.2, 0.25) is 0 Å². The second kappa shape index (κ2) is 14.4. The van der Waals surface area contributed by atoms with Gasteiger partial charge in [-0.05, 0) is 42.5 Å². The Kier molecular flexibility index (Phi) is 10.4. The summed E-state index contributed by atoms with van der Waals surface area (Å²) in [6, 6.07) is 26.3. The number of para-hydroxylation sites is 1. The lowest BCUT2D eigenvalue weighted by Gasteiger charge is -2.23. The lowest BCUT2D eigenvalue weighted by Crippen LogP contribution is -2.37. The fourth-order valence-corrected chi connectivity index (χ4v) is 5.41. The van der Waals surface area contributed by atoms with E-state index in [0.717, 1.165) is 23.2 Å². The van der Waals surface area contributed by atoms with Crippen molar-refractivity contribution in [1.82, 2.24) is 15.2 Å². The smallest absolute Gasteiger partial charge is 0.322 e. The van der Waals surface area contributed by atoms with Gasteiger partial charge in [-0.2, -0.15) is 0 Å². The first-order valence-electron chi connectivity index (χ1n) is 13.4. The van der Waals surface area contributed by atoms with Crippen molar-refractivity contribution in [2.45, 2.75) is 32.7 Å². The summed E-state index contributed by atoms with van der Waals surface area (Å²) in [6.45, 7) is 5.52. The number of carbonyl (C=O) groups is 2. The van der Waals surface area contributed by atoms with Gasteiger partial charge in [0.1, 0.15) is 10.7 Å². The van der Waals surface area contributed by atoms with Crippen LogP contribution in [0.15, 0.2) is 84.2 Å². The number of nitrogens with one attached hydrogen (secondary N) is 2. The fourth-order valence-electron chi connectivity index (χ4n) is 4.62. The van der Waals surface area contributed by atoms with Crippen LogP contribution in [-0.4, -0.2) is 48.6 Å². The van der Waals surface area contributed by atoms with Crippen LogP contribution < -0.4 is 10.6 Å². The maximum atomic E-state index is 13.2. The number of aryl methyl sites for hydroxylation is 2. The molecule has 0 aliphatic carbocycles. The molecule has 4 aromatic rings. The van der Waals surface area contributed by atoms with Gasteiger partial charge in [-0.1, -0.05) is 78.9 Å². The molecule has 0 radical (unpaired) electrons. The second-order valence-electron chi connectivity index (χ2n) is 9.66. The Morgan fingerprint density at radius 2 is 1.55 bits per heavy atom. The van der Waals surface area contributed by atoms with Gasteiger partial charge in [0.05, 0.1) is 13.2 Å². The number of aromatic nitrogens is 1. The molecule has 0 spiro atoms. The molecule has 1 heterocycles. The van der Waals surface area contributed by atoms with E-state index in [1.807, 2.05) is 68.4 Å². The fraction of sp³-hybridized carbons (Fsp3) is 0.281. The highest BCUT2D eigenvalue weighted by Crippen LogP contribution is 2.27. The number of carbonyl (C=O) groups excluding carboxylic acids is 2. The third kappa shape index (κ3) is 7.77. The molecule has 0 unspecified atom stereocenters. The number of rotatable bonds is 12. The predicted octanol–water partition coefficient (Wildman–Crippen LogP) is 6.39. The number of thiazole rings is 1. The van der Waals surface area contributed by atoms with Gasteiger partial charge >= 0.3 is 6.03 Å². The van der Waals surface area contributed by atoms with Crippen molar-refractivity contribution in [2.24, 2.45) is 0 Å². The minimum atomic E-state index is -0.233. The van der Waals surface area contributed by atoms with Crippen LogP contribution in [0.25, 0.3) is 0 Å². The Balaban J connectivity index is 1.37. The van der Waals surface area contributed by atoms with Crippen molar-refractivity contribution in [2.75, 3.05) is 32.1 Å². The van der Waals surface area contributed by atoms with Gasteiger partial charge in [0.15, 0.2) is 0 Å². The van der Waals surface area contributed by atoms with Crippen LogP contribution in [0.4, 0.5) is 10.5 Å². The number of amides is 3. The van der Waals surface area contributed by atoms with Crippen LogP contribution in [0.3, 0.4) is 0 Å². The zero-order chi connectivity index (χ0) is 28.3. The van der Waals surface area contributed by atoms with Crippen molar-refractivity contribution in [1.29, 1.82) is 0 Å². The highest BCUT2D eigenvalue weighted by Gasteiger charge is 2.20. The van der Waals surface area contributed by atoms with E-state index in [0.29, 0.717) is 30.4 Å². The summed E-state index contributed by atoms with van der Waals surface area (Å²) in [6.07, 6.45) is 0.764. The Morgan fingerprint density at radius 3 is 2.15 bits per heavy atom. The molecular weight excluding hydrogens is 520 g/mol. The van der Waals surface area contributed by atoms with E-state index in [1.54, 1.807) is 17.4 Å². The van der Waals surface area contributed by atoms with Gasteiger partial charge in [0, 0.05) is 37.2 Å². The zero-order valence-electron chi connectivity index (χ0n) is 23.2. The maximum Gasteiger partial charge on any atom is 0.322 e. The summed E-state index contributed by atoms with van der Waals surface area (Å²) < 4.78 is 5.23. The van der Waals surface area contributed by atoms with E-state index in [9.17, 15) is 9.59 Å². The van der Waals surface area contributed by atoms with Crippen LogP contribution in [0.5, 0.6) is 0 Å². The lowest BCUT2D eigenvalue weighted by atomic mass is 9.88. The lowest BCUT2D eigenvalue weighted by molar-refractivity contribution is 0.0948. The number of urea groups is 1. The average Bonchev–Trinajstić information content (AvgIpc) is 3.45. The molecule has 1 aromatic heterocycles. The van der Waals surface area contributed by atoms with Crippen molar-refractivity contribution in [3.63, 3.8) is 0 Å². The molecule has 0 saturated carbocycles. The first kappa shape index (κ1) is 29.0. The summed E-state index contributed by atoms with van der Waals surface area (Å²) >= 11 is 1.37. The van der Waals surface area contributed by atoms with Crippen LogP contribution in [0, 0.1) is 13.8 Å². The van der Waals surface area contributed by atoms with E-state index >= 15 is 0 Å². The molecule has 0 aliphatic heterocycles. The number of ether oxygens (including phenoxy) is 1. The summed E-state index contributed by atoms with van der Waals surface area (Å²) in [7, 11) is 1.60. The first-order chi connectivity index (χ1) is 19.5. The van der Waals surface area contributed by atoms with Crippen molar-refractivity contribution in [3.8, 4) is 0 Å². The summed E-state index contributed by atoms with van der Waals surface area (Å²) in [4.78, 5) is 32.3. The SMILES string of the molecule is COCCN(Cc1nc(C(=O)NCCC(c2ccccc2)c2ccccc2)cs1)C(=O)Nc1c(C)cccc1C. The summed E-state index contributed by atoms with van der Waals surface area (Å²) in [5.74, 6) is -0.0377. The van der Waals surface area contributed by atoms with Gasteiger partial charge < -0.3 is 20.3 Å². The average molecular weight is 557 g/mol. The first-order valence-corrected chi connectivity index (χ1v) is 14.3. The normalized spacial score (nSPS) is 10.9. The summed E-state index contributed by atoms with van der Waals surface area (Å²) in [5.41, 5.74) is 5.59. The number of nitrogens with zero attached hydrogens (tertiary/aromatic N) is 2. The molecule has 3 aromatic carbocycles. The van der Waals surface area contributed by atoms with Gasteiger partial charge in [-0.15, -0.1) is 11.3 Å². The Morgan fingerprint density at radius 1 is 0.925 bits per heavy atom. The molecule has 0 saturated heterocycles. The van der Waals surface area contributed by atoms with Crippen molar-refractivity contribution >= 4 is 29.0 Å². The quantitative estimate of drug-likeness (QED) is 0.212. The summed E-state index contributed by atoms with van der Waals surface area (Å²) in [5, 5.41) is 8.49. The molecular formula is C32H36N4O3S. The minimum Gasteiger partial charge on any atom is -0.383 e. The van der Waals surface area contributed by atoms with Gasteiger partial charge in [0.2, 0.25) is 0 Å². The maximum absolute atomic E-state index is 13.2. The Bertz CT molecular complexity index is 1330. The number of hydrogen-bond acceptors (Lipinski definition) is 5. The Hall–Kier alpha value is -4.01. The van der Waals surface area contributed by atoms with Crippen molar-refractivity contribution < 1.29 is 14.3 Å². The van der Waals surface area contributed by atoms with Crippen molar-refractivity contribution in [3.05, 3.63) is 117 Å². The number of methoxy groups -OCH3 is 1. The number of anilines is 1. The topological polar surface area (TPSA) is 83.6 Å². The molecule has 2 N–H and O–H groups in total. The van der Waals surface area contributed by atoms with Crippen LogP contribution >= 0.6 is 11.3 Å². The molecule has 0 fully saturated rings. The molecule has 40 heavy (non-hydrogen) atoms. The zero-order valence-corrected chi connectivity index (χ0v) is 24.0. The van der Waals surface area contributed by atoms with Crippen LogP contribution in [0.1, 0.15) is 50.1 Å². The minimum absolute atomic E-state index is 0.179. The van der Waals surface area contributed by atoms with Crippen LogP contribution in [-0.2, 0) is 11.3 Å². The number of benzene rings is 3. The molecule has 4 rings (SSSR count). The predicted molar refractivity (Wildman–Crippen MR) is 161 cm³/mol. The van der Waals surface area contributed by atoms with E-state index in [4.69, 9.17) is 4.74 Å². The van der Waals surface area contributed by atoms with E-state index in [-0.39, 0.29) is 24.4 Å². The Labute approximate surface area is 240 Å². The molecule has 208 valence electrons. The van der Waals surface area contributed by atoms with E-state index in [1.165, 1.54) is 22.5 Å². The van der Waals surface area contributed by atoms with Gasteiger partial charge in [0.25, 0.3) is 5.91 Å². The number of hydrogen-bond donors (Lipinski definition) is 2. The largest absolute Gasteiger partial charge is 0.383 e.